The fourth-order valence-electron chi connectivity index (χ4n) is 0.852. The van der Waals surface area contributed by atoms with Crippen molar-refractivity contribution in [2.75, 3.05) is 18.4 Å². The molecule has 92 valence electrons. The zero-order chi connectivity index (χ0) is 11.9. The van der Waals surface area contributed by atoms with Gasteiger partial charge < -0.3 is 4.74 Å². The van der Waals surface area contributed by atoms with E-state index in [9.17, 15) is 13.2 Å². The van der Waals surface area contributed by atoms with Crippen LogP contribution in [0.4, 0.5) is 13.2 Å². The Morgan fingerprint density at radius 1 is 1.20 bits per heavy atom. The van der Waals surface area contributed by atoms with E-state index in [4.69, 9.17) is 27.9 Å². The molecule has 0 aliphatic rings. The van der Waals surface area contributed by atoms with Crippen LogP contribution in [0.25, 0.3) is 0 Å². The lowest BCUT2D eigenvalue weighted by Gasteiger charge is -2.19. The molecule has 0 fully saturated rings. The van der Waals surface area contributed by atoms with Gasteiger partial charge in [0.15, 0.2) is 0 Å². The second-order valence-corrected chi connectivity index (χ2v) is 4.75. The molecule has 7 heteroatoms. The minimum atomic E-state index is -4.12. The van der Waals surface area contributed by atoms with E-state index < -0.39 is 12.6 Å². The van der Waals surface area contributed by atoms with Crippen molar-refractivity contribution in [1.29, 1.82) is 0 Å². The maximum absolute atomic E-state index is 11.8. The van der Waals surface area contributed by atoms with Gasteiger partial charge >= 0.3 is 6.18 Å². The van der Waals surface area contributed by atoms with Crippen LogP contribution in [0.15, 0.2) is 0 Å². The van der Waals surface area contributed by atoms with Gasteiger partial charge in [0, 0.05) is 24.8 Å². The SMILES string of the molecule is FC(F)(F)CCCOC(CCl)C(Br)CCl. The highest BCUT2D eigenvalue weighted by molar-refractivity contribution is 9.09. The lowest BCUT2D eigenvalue weighted by atomic mass is 10.3. The highest BCUT2D eigenvalue weighted by atomic mass is 79.9. The Morgan fingerprint density at radius 3 is 2.20 bits per heavy atom. The molecule has 0 aromatic rings. The van der Waals surface area contributed by atoms with Gasteiger partial charge in [-0.1, -0.05) is 15.9 Å². The lowest BCUT2D eigenvalue weighted by Crippen LogP contribution is -2.28. The average Bonchev–Trinajstić information content (AvgIpc) is 2.15. The first-order valence-electron chi connectivity index (χ1n) is 4.35. The van der Waals surface area contributed by atoms with Crippen LogP contribution in [-0.4, -0.2) is 35.5 Å². The van der Waals surface area contributed by atoms with Crippen molar-refractivity contribution in [3.05, 3.63) is 0 Å². The molecular formula is C8H12BrCl2F3O. The van der Waals surface area contributed by atoms with Crippen LogP contribution >= 0.6 is 39.1 Å². The van der Waals surface area contributed by atoms with Gasteiger partial charge in [-0.3, -0.25) is 0 Å². The van der Waals surface area contributed by atoms with Crippen molar-refractivity contribution in [2.45, 2.75) is 29.9 Å². The van der Waals surface area contributed by atoms with Crippen molar-refractivity contribution in [2.24, 2.45) is 0 Å². The average molecular weight is 332 g/mol. The second kappa shape index (κ2) is 7.98. The lowest BCUT2D eigenvalue weighted by molar-refractivity contribution is -0.138. The predicted octanol–water partition coefficient (Wildman–Crippen LogP) is 3.96. The van der Waals surface area contributed by atoms with Crippen molar-refractivity contribution >= 4 is 39.1 Å². The Morgan fingerprint density at radius 2 is 1.80 bits per heavy atom. The molecular weight excluding hydrogens is 320 g/mol. The van der Waals surface area contributed by atoms with Gasteiger partial charge in [-0.2, -0.15) is 13.2 Å². The number of ether oxygens (including phenoxy) is 1. The summed E-state index contributed by atoms with van der Waals surface area (Å²) in [4.78, 5) is -0.137. The van der Waals surface area contributed by atoms with Crippen LogP contribution in [0.5, 0.6) is 0 Å². The number of hydrogen-bond donors (Lipinski definition) is 0. The molecule has 0 aromatic carbocycles. The third-order valence-corrected chi connectivity index (χ3v) is 3.56. The van der Waals surface area contributed by atoms with Crippen LogP contribution in [0.1, 0.15) is 12.8 Å². The molecule has 2 unspecified atom stereocenters. The zero-order valence-electron chi connectivity index (χ0n) is 7.87. The van der Waals surface area contributed by atoms with Gasteiger partial charge in [-0.15, -0.1) is 23.2 Å². The summed E-state index contributed by atoms with van der Waals surface area (Å²) in [6.07, 6.45) is -5.37. The quantitative estimate of drug-likeness (QED) is 0.507. The second-order valence-electron chi connectivity index (χ2n) is 2.95. The summed E-state index contributed by atoms with van der Waals surface area (Å²) in [6, 6.07) is 0. The molecule has 0 rings (SSSR count). The summed E-state index contributed by atoms with van der Waals surface area (Å²) < 4.78 is 40.5. The largest absolute Gasteiger partial charge is 0.389 e. The van der Waals surface area contributed by atoms with E-state index in [1.165, 1.54) is 0 Å². The van der Waals surface area contributed by atoms with E-state index in [0.717, 1.165) is 0 Å². The van der Waals surface area contributed by atoms with Gasteiger partial charge in [-0.05, 0) is 6.42 Å². The molecule has 0 heterocycles. The van der Waals surface area contributed by atoms with E-state index in [1.807, 2.05) is 0 Å². The van der Waals surface area contributed by atoms with Crippen LogP contribution < -0.4 is 0 Å². The summed E-state index contributed by atoms with van der Waals surface area (Å²) in [6.45, 7) is 0.0376. The number of halogens is 6. The van der Waals surface area contributed by atoms with Gasteiger partial charge in [0.05, 0.1) is 10.9 Å². The molecule has 1 nitrogen and oxygen atoms in total. The summed E-state index contributed by atoms with van der Waals surface area (Å²) in [7, 11) is 0. The van der Waals surface area contributed by atoms with E-state index in [2.05, 4.69) is 15.9 Å². The first-order chi connectivity index (χ1) is 6.90. The Labute approximate surface area is 105 Å². The molecule has 2 atom stereocenters. The van der Waals surface area contributed by atoms with Crippen LogP contribution in [0, 0.1) is 0 Å². The summed E-state index contributed by atoms with van der Waals surface area (Å²) in [5, 5.41) is 0. The van der Waals surface area contributed by atoms with E-state index >= 15 is 0 Å². The van der Waals surface area contributed by atoms with Gasteiger partial charge in [0.2, 0.25) is 0 Å². The molecule has 0 radical (unpaired) electrons. The predicted molar refractivity (Wildman–Crippen MR) is 59.2 cm³/mol. The Bertz CT molecular complexity index is 168. The van der Waals surface area contributed by atoms with Crippen LogP contribution in [-0.2, 0) is 4.74 Å². The molecule has 0 saturated carbocycles. The summed E-state index contributed by atoms with van der Waals surface area (Å²) >= 11 is 14.4. The standard InChI is InChI=1S/C8H12BrCl2F3O/c9-6(4-10)7(5-11)15-3-1-2-8(12,13)14/h6-7H,1-5H2. The van der Waals surface area contributed by atoms with Crippen molar-refractivity contribution in [3.63, 3.8) is 0 Å². The monoisotopic (exact) mass is 330 g/mol. The third-order valence-electron chi connectivity index (χ3n) is 1.64. The minimum Gasteiger partial charge on any atom is -0.376 e. The molecule has 0 aliphatic heterocycles. The molecule has 0 aromatic heterocycles. The van der Waals surface area contributed by atoms with Crippen molar-refractivity contribution in [1.82, 2.24) is 0 Å². The first-order valence-corrected chi connectivity index (χ1v) is 6.33. The molecule has 15 heavy (non-hydrogen) atoms. The van der Waals surface area contributed by atoms with Gasteiger partial charge in [0.25, 0.3) is 0 Å². The summed E-state index contributed by atoms with van der Waals surface area (Å²) in [5.41, 5.74) is 0. The maximum atomic E-state index is 11.8. The zero-order valence-corrected chi connectivity index (χ0v) is 11.0. The smallest absolute Gasteiger partial charge is 0.376 e. The van der Waals surface area contributed by atoms with Gasteiger partial charge in [-0.25, -0.2) is 0 Å². The summed E-state index contributed by atoms with van der Waals surface area (Å²) in [5.74, 6) is 0.505. The minimum absolute atomic E-state index is 0.0376. The Hall–Kier alpha value is 0.810. The number of rotatable bonds is 7. The van der Waals surface area contributed by atoms with E-state index in [-0.39, 0.29) is 29.8 Å². The van der Waals surface area contributed by atoms with Gasteiger partial charge in [0.1, 0.15) is 0 Å². The molecule has 0 aliphatic carbocycles. The maximum Gasteiger partial charge on any atom is 0.389 e. The van der Waals surface area contributed by atoms with Crippen molar-refractivity contribution < 1.29 is 17.9 Å². The molecule has 0 saturated heterocycles. The first kappa shape index (κ1) is 15.8. The highest BCUT2D eigenvalue weighted by Crippen LogP contribution is 2.21. The van der Waals surface area contributed by atoms with E-state index in [0.29, 0.717) is 5.88 Å². The highest BCUT2D eigenvalue weighted by Gasteiger charge is 2.26. The van der Waals surface area contributed by atoms with Crippen LogP contribution in [0.2, 0.25) is 0 Å². The molecule has 0 spiro atoms. The topological polar surface area (TPSA) is 9.23 Å². The number of alkyl halides is 6. The van der Waals surface area contributed by atoms with Crippen molar-refractivity contribution in [3.8, 4) is 0 Å². The Balaban J connectivity index is 3.64. The van der Waals surface area contributed by atoms with Crippen LogP contribution in [0.3, 0.4) is 0 Å². The molecule has 0 N–H and O–H groups in total. The van der Waals surface area contributed by atoms with E-state index in [1.54, 1.807) is 0 Å². The fourth-order valence-corrected chi connectivity index (χ4v) is 1.91. The normalized spacial score (nSPS) is 16.4. The molecule has 0 amide bonds. The Kier molecular flexibility index (Phi) is 8.41. The fraction of sp³-hybridized carbons (Fsp3) is 1.00. The third kappa shape index (κ3) is 8.60. The molecule has 0 bridgehead atoms. The number of hydrogen-bond acceptors (Lipinski definition) is 1.